The molecule has 0 aliphatic heterocycles. The van der Waals surface area contributed by atoms with Crippen molar-refractivity contribution in [1.82, 2.24) is 0 Å². The number of fused-ring (bicyclic) bond motifs is 8. The lowest BCUT2D eigenvalue weighted by molar-refractivity contribution is 0.0426. The van der Waals surface area contributed by atoms with Crippen LogP contribution in [0.2, 0.25) is 10.0 Å². The molecule has 4 aromatic rings. The fourth-order valence-electron chi connectivity index (χ4n) is 8.59. The minimum atomic E-state index is 0.0563. The van der Waals surface area contributed by atoms with Crippen molar-refractivity contribution in [2.45, 2.75) is 44.9 Å². The summed E-state index contributed by atoms with van der Waals surface area (Å²) in [6.45, 7) is 5.02. The van der Waals surface area contributed by atoms with Gasteiger partial charge in [0.15, 0.2) is 0 Å². The molecule has 2 saturated carbocycles. The first kappa shape index (κ1) is 23.6. The van der Waals surface area contributed by atoms with Gasteiger partial charge in [0.1, 0.15) is 0 Å². The van der Waals surface area contributed by atoms with E-state index in [4.69, 9.17) is 23.2 Å². The van der Waals surface area contributed by atoms with Crippen molar-refractivity contribution in [3.8, 4) is 33.4 Å². The second-order valence-electron chi connectivity index (χ2n) is 11.9. The second-order valence-corrected chi connectivity index (χ2v) is 12.7. The van der Waals surface area contributed by atoms with E-state index >= 15 is 0 Å². The second kappa shape index (κ2) is 8.75. The van der Waals surface area contributed by atoms with Crippen molar-refractivity contribution in [3.63, 3.8) is 0 Å². The number of hydrogen-bond acceptors (Lipinski definition) is 0. The largest absolute Gasteiger partial charge is 0.0843 e. The Morgan fingerprint density at radius 1 is 0.595 bits per heavy atom. The molecule has 2 bridgehead atoms. The van der Waals surface area contributed by atoms with Crippen molar-refractivity contribution in [3.05, 3.63) is 106 Å². The molecule has 0 amide bonds. The lowest BCUT2D eigenvalue weighted by Gasteiger charge is -2.54. The normalized spacial score (nSPS) is 25.1. The highest BCUT2D eigenvalue weighted by Crippen LogP contribution is 2.66. The molecule has 0 radical (unpaired) electrons. The van der Waals surface area contributed by atoms with Crippen molar-refractivity contribution in [2.24, 2.45) is 23.7 Å². The van der Waals surface area contributed by atoms with Gasteiger partial charge in [0.05, 0.1) is 0 Å². The Kier molecular flexibility index (Phi) is 5.58. The monoisotopic (exact) mass is 522 g/mol. The summed E-state index contributed by atoms with van der Waals surface area (Å²) < 4.78 is 0. The van der Waals surface area contributed by atoms with E-state index in [1.165, 1.54) is 59.1 Å². The van der Waals surface area contributed by atoms with Gasteiger partial charge in [-0.1, -0.05) is 97.7 Å². The molecule has 0 nitrogen and oxygen atoms in total. The van der Waals surface area contributed by atoms with Crippen molar-refractivity contribution < 1.29 is 0 Å². The summed E-state index contributed by atoms with van der Waals surface area (Å²) in [5, 5.41) is 1.55. The van der Waals surface area contributed by atoms with E-state index in [1.807, 2.05) is 24.3 Å². The van der Waals surface area contributed by atoms with Gasteiger partial charge in [-0.15, -0.1) is 0 Å². The molecule has 3 aliphatic carbocycles. The van der Waals surface area contributed by atoms with Crippen LogP contribution in [0.15, 0.2) is 84.9 Å². The molecule has 186 valence electrons. The van der Waals surface area contributed by atoms with Gasteiger partial charge in [-0.25, -0.2) is 0 Å². The van der Waals surface area contributed by atoms with Crippen LogP contribution < -0.4 is 0 Å². The van der Waals surface area contributed by atoms with E-state index in [1.54, 1.807) is 11.1 Å². The summed E-state index contributed by atoms with van der Waals surface area (Å²) in [4.78, 5) is 0. The summed E-state index contributed by atoms with van der Waals surface area (Å²) in [6, 6.07) is 30.9. The van der Waals surface area contributed by atoms with Gasteiger partial charge in [-0.3, -0.25) is 0 Å². The van der Waals surface area contributed by atoms with E-state index in [9.17, 15) is 0 Å². The third-order valence-electron chi connectivity index (χ3n) is 9.73. The topological polar surface area (TPSA) is 0 Å². The zero-order chi connectivity index (χ0) is 25.3. The Hall–Kier alpha value is -2.54. The third-order valence-corrected chi connectivity index (χ3v) is 10.2. The fraction of sp³-hybridized carbons (Fsp3) is 0.314. The highest BCUT2D eigenvalue weighted by molar-refractivity contribution is 6.31. The molecule has 4 atom stereocenters. The number of rotatable bonds is 2. The Morgan fingerprint density at radius 2 is 1.11 bits per heavy atom. The molecule has 4 unspecified atom stereocenters. The minimum absolute atomic E-state index is 0.0563. The molecule has 2 fully saturated rings. The van der Waals surface area contributed by atoms with Gasteiger partial charge in [0.2, 0.25) is 0 Å². The molecule has 0 N–H and O–H groups in total. The molecule has 0 saturated heterocycles. The molecule has 7 rings (SSSR count). The van der Waals surface area contributed by atoms with Crippen LogP contribution in [0.4, 0.5) is 0 Å². The standard InChI is InChI=1S/C35H32Cl2/c1-21-17-23-19-22(2)35(26(18-21)20-23)31-7-3-5-29(24-9-13-27(36)14-10-24)33(31)34-30(6-4-8-32(34)35)25-11-15-28(37)16-12-25/h3-16,21-23,26H,17-20H2,1-2H3. The maximum atomic E-state index is 6.31. The molecule has 2 heteroatoms. The first-order valence-corrected chi connectivity index (χ1v) is 14.5. The van der Waals surface area contributed by atoms with Crippen LogP contribution in [0.1, 0.15) is 50.7 Å². The highest BCUT2D eigenvalue weighted by Gasteiger charge is 2.57. The third kappa shape index (κ3) is 3.49. The zero-order valence-corrected chi connectivity index (χ0v) is 23.0. The Morgan fingerprint density at radius 3 is 1.62 bits per heavy atom. The quantitative estimate of drug-likeness (QED) is 0.245. The van der Waals surface area contributed by atoms with Crippen LogP contribution in [0.5, 0.6) is 0 Å². The Balaban J connectivity index is 1.57. The molecule has 37 heavy (non-hydrogen) atoms. The predicted molar refractivity (Wildman–Crippen MR) is 157 cm³/mol. The van der Waals surface area contributed by atoms with Gasteiger partial charge in [0.25, 0.3) is 0 Å². The zero-order valence-electron chi connectivity index (χ0n) is 21.5. The fourth-order valence-corrected chi connectivity index (χ4v) is 8.84. The van der Waals surface area contributed by atoms with Gasteiger partial charge in [0, 0.05) is 15.5 Å². The Bertz CT molecular complexity index is 1380. The summed E-state index contributed by atoms with van der Waals surface area (Å²) in [5.74, 6) is 2.93. The molecule has 1 spiro atoms. The van der Waals surface area contributed by atoms with E-state index in [-0.39, 0.29) is 5.41 Å². The first-order chi connectivity index (χ1) is 18.0. The predicted octanol–water partition coefficient (Wildman–Crippen LogP) is 10.7. The molecule has 0 heterocycles. The van der Waals surface area contributed by atoms with Crippen LogP contribution in [0.25, 0.3) is 33.4 Å². The van der Waals surface area contributed by atoms with Gasteiger partial charge in [-0.05, 0) is 118 Å². The number of hydrogen-bond donors (Lipinski definition) is 0. The summed E-state index contributed by atoms with van der Waals surface area (Å²) in [5.41, 5.74) is 11.1. The van der Waals surface area contributed by atoms with E-state index in [2.05, 4.69) is 74.5 Å². The van der Waals surface area contributed by atoms with Gasteiger partial charge < -0.3 is 0 Å². The SMILES string of the molecule is CC1CC2CC(C)C3(c4cccc(-c5ccc(Cl)cc5)c4-c4c(-c5ccc(Cl)cc5)cccc43)C(C1)C2. The van der Waals surface area contributed by atoms with Crippen LogP contribution in [0.3, 0.4) is 0 Å². The van der Waals surface area contributed by atoms with Gasteiger partial charge in [-0.2, -0.15) is 0 Å². The average Bonchev–Trinajstić information content (AvgIpc) is 3.20. The molecular weight excluding hydrogens is 491 g/mol. The smallest absolute Gasteiger partial charge is 0.0406 e. The van der Waals surface area contributed by atoms with Crippen molar-refractivity contribution in [1.29, 1.82) is 0 Å². The average molecular weight is 524 g/mol. The number of benzene rings is 4. The van der Waals surface area contributed by atoms with Crippen LogP contribution in [-0.4, -0.2) is 0 Å². The summed E-state index contributed by atoms with van der Waals surface area (Å²) in [6.07, 6.45) is 5.38. The lowest BCUT2D eigenvalue weighted by atomic mass is 9.49. The number of halogens is 2. The first-order valence-electron chi connectivity index (χ1n) is 13.8. The van der Waals surface area contributed by atoms with E-state index in [0.717, 1.165) is 21.9 Å². The van der Waals surface area contributed by atoms with Gasteiger partial charge >= 0.3 is 0 Å². The summed E-state index contributed by atoms with van der Waals surface area (Å²) in [7, 11) is 0. The van der Waals surface area contributed by atoms with Crippen molar-refractivity contribution in [2.75, 3.05) is 0 Å². The van der Waals surface area contributed by atoms with Crippen LogP contribution >= 0.6 is 23.2 Å². The Labute approximate surface area is 230 Å². The van der Waals surface area contributed by atoms with Crippen LogP contribution in [0, 0.1) is 23.7 Å². The maximum absolute atomic E-state index is 6.31. The highest BCUT2D eigenvalue weighted by atomic mass is 35.5. The molecule has 3 aliphatic rings. The van der Waals surface area contributed by atoms with Crippen molar-refractivity contribution >= 4 is 23.2 Å². The van der Waals surface area contributed by atoms with E-state index in [0.29, 0.717) is 11.8 Å². The van der Waals surface area contributed by atoms with E-state index < -0.39 is 0 Å². The minimum Gasteiger partial charge on any atom is -0.0843 e. The molecule has 4 aromatic carbocycles. The molecule has 0 aromatic heterocycles. The maximum Gasteiger partial charge on any atom is 0.0406 e. The molecular formula is C35H32Cl2. The summed E-state index contributed by atoms with van der Waals surface area (Å²) >= 11 is 12.6. The van der Waals surface area contributed by atoms with Crippen LogP contribution in [-0.2, 0) is 5.41 Å². The lowest BCUT2D eigenvalue weighted by Crippen LogP contribution is -2.49.